The fourth-order valence-corrected chi connectivity index (χ4v) is 6.19. The Kier molecular flexibility index (Phi) is 4.87. The topological polar surface area (TPSA) is 43.3 Å². The first-order valence-corrected chi connectivity index (χ1v) is 14.1. The van der Waals surface area contributed by atoms with E-state index in [4.69, 9.17) is 14.4 Å². The van der Waals surface area contributed by atoms with Crippen LogP contribution >= 0.6 is 0 Å². The zero-order chi connectivity index (χ0) is 27.6. The molecule has 0 saturated heterocycles. The van der Waals surface area contributed by atoms with Gasteiger partial charge in [-0.25, -0.2) is 9.97 Å². The van der Waals surface area contributed by atoms with Crippen LogP contribution in [0.1, 0.15) is 0 Å². The molecule has 9 rings (SSSR count). The molecule has 0 N–H and O–H groups in total. The minimum absolute atomic E-state index is 0.901. The van der Waals surface area contributed by atoms with Gasteiger partial charge in [-0.15, -0.1) is 0 Å². The van der Waals surface area contributed by atoms with E-state index in [9.17, 15) is 0 Å². The summed E-state index contributed by atoms with van der Waals surface area (Å²) in [7, 11) is 0. The number of pyridine rings is 2. The molecule has 0 fully saturated rings. The molecule has 4 heterocycles. The van der Waals surface area contributed by atoms with Crippen molar-refractivity contribution in [3.8, 4) is 33.6 Å². The Labute approximate surface area is 241 Å². The van der Waals surface area contributed by atoms with Gasteiger partial charge in [0.1, 0.15) is 16.8 Å². The number of imidazole rings is 1. The Bertz CT molecular complexity index is 2430. The summed E-state index contributed by atoms with van der Waals surface area (Å²) < 4.78 is 8.53. The third kappa shape index (κ3) is 3.49. The van der Waals surface area contributed by atoms with E-state index in [0.29, 0.717) is 0 Å². The third-order valence-electron chi connectivity index (χ3n) is 8.22. The maximum Gasteiger partial charge on any atom is 0.144 e. The van der Waals surface area contributed by atoms with Gasteiger partial charge in [-0.05, 0) is 47.5 Å². The zero-order valence-corrected chi connectivity index (χ0v) is 22.5. The summed E-state index contributed by atoms with van der Waals surface area (Å²) in [5.41, 5.74) is 10.1. The summed E-state index contributed by atoms with van der Waals surface area (Å²) in [5, 5.41) is 5.55. The van der Waals surface area contributed by atoms with Gasteiger partial charge in [0, 0.05) is 50.5 Å². The number of aromatic nitrogens is 3. The summed E-state index contributed by atoms with van der Waals surface area (Å²) in [5.74, 6) is 0. The van der Waals surface area contributed by atoms with E-state index in [0.717, 1.165) is 82.9 Å². The fourth-order valence-electron chi connectivity index (χ4n) is 6.19. The number of furan rings is 1. The summed E-state index contributed by atoms with van der Waals surface area (Å²) in [6.07, 6.45) is 4.10. The van der Waals surface area contributed by atoms with Crippen molar-refractivity contribution in [1.29, 1.82) is 0 Å². The van der Waals surface area contributed by atoms with Crippen LogP contribution in [-0.4, -0.2) is 14.4 Å². The summed E-state index contributed by atoms with van der Waals surface area (Å²) >= 11 is 0. The van der Waals surface area contributed by atoms with E-state index in [-0.39, 0.29) is 0 Å². The van der Waals surface area contributed by atoms with Gasteiger partial charge in [0.05, 0.1) is 16.9 Å². The van der Waals surface area contributed by atoms with Gasteiger partial charge in [0.25, 0.3) is 0 Å². The Balaban J connectivity index is 1.18. The zero-order valence-electron chi connectivity index (χ0n) is 22.5. The van der Waals surface area contributed by atoms with E-state index in [2.05, 4.69) is 102 Å². The van der Waals surface area contributed by atoms with Crippen molar-refractivity contribution in [2.75, 3.05) is 0 Å². The number of fused-ring (bicyclic) bond motifs is 8. The van der Waals surface area contributed by atoms with Crippen molar-refractivity contribution in [2.45, 2.75) is 0 Å². The van der Waals surface area contributed by atoms with E-state index in [1.807, 2.05) is 42.6 Å². The second-order valence-electron chi connectivity index (χ2n) is 10.7. The van der Waals surface area contributed by atoms with Gasteiger partial charge < -0.3 is 8.82 Å². The van der Waals surface area contributed by atoms with E-state index < -0.39 is 0 Å². The summed E-state index contributed by atoms with van der Waals surface area (Å²) in [4.78, 5) is 9.97. The maximum atomic E-state index is 6.47. The molecule has 0 aliphatic heterocycles. The fraction of sp³-hybridized carbons (Fsp3) is 0. The lowest BCUT2D eigenvalue weighted by molar-refractivity contribution is 0.673. The molecular formula is C38H23N3O. The van der Waals surface area contributed by atoms with Crippen LogP contribution in [0.25, 0.3) is 82.9 Å². The average molecular weight is 538 g/mol. The molecule has 0 spiro atoms. The molecule has 42 heavy (non-hydrogen) atoms. The molecule has 5 aromatic carbocycles. The van der Waals surface area contributed by atoms with Gasteiger partial charge in [-0.1, -0.05) is 91.0 Å². The second kappa shape index (κ2) is 8.88. The van der Waals surface area contributed by atoms with Crippen LogP contribution < -0.4 is 0 Å². The molecular weight excluding hydrogens is 514 g/mol. The first-order chi connectivity index (χ1) is 20.8. The molecule has 0 unspecified atom stereocenters. The van der Waals surface area contributed by atoms with Crippen LogP contribution in [0.4, 0.5) is 0 Å². The average Bonchev–Trinajstić information content (AvgIpc) is 3.66. The highest BCUT2D eigenvalue weighted by molar-refractivity contribution is 6.24. The van der Waals surface area contributed by atoms with Crippen LogP contribution in [0.3, 0.4) is 0 Å². The van der Waals surface area contributed by atoms with Crippen molar-refractivity contribution in [3.63, 3.8) is 0 Å². The van der Waals surface area contributed by atoms with E-state index in [1.165, 1.54) is 0 Å². The lowest BCUT2D eigenvalue weighted by atomic mass is 9.96. The molecule has 4 aromatic heterocycles. The monoisotopic (exact) mass is 537 g/mol. The van der Waals surface area contributed by atoms with E-state index >= 15 is 0 Å². The minimum Gasteiger partial charge on any atom is -0.455 e. The number of rotatable bonds is 3. The van der Waals surface area contributed by atoms with Crippen LogP contribution in [0.15, 0.2) is 144 Å². The molecule has 0 amide bonds. The Morgan fingerprint density at radius 2 is 1.29 bits per heavy atom. The molecule has 9 aromatic rings. The quantitative estimate of drug-likeness (QED) is 0.211. The molecule has 0 radical (unpaired) electrons. The predicted molar refractivity (Wildman–Crippen MR) is 172 cm³/mol. The highest BCUT2D eigenvalue weighted by atomic mass is 16.3. The highest BCUT2D eigenvalue weighted by Gasteiger charge is 2.17. The van der Waals surface area contributed by atoms with Gasteiger partial charge in [-0.2, -0.15) is 0 Å². The maximum absolute atomic E-state index is 6.47. The van der Waals surface area contributed by atoms with Crippen molar-refractivity contribution in [1.82, 2.24) is 14.4 Å². The lowest BCUT2D eigenvalue weighted by Gasteiger charge is -2.11. The first kappa shape index (κ1) is 23.0. The predicted octanol–water partition coefficient (Wildman–Crippen LogP) is 9.94. The summed E-state index contributed by atoms with van der Waals surface area (Å²) in [6, 6.07) is 44.3. The molecule has 196 valence electrons. The molecule has 0 aliphatic rings. The number of benzene rings is 5. The molecule has 0 atom stereocenters. The third-order valence-corrected chi connectivity index (χ3v) is 8.22. The Hall–Kier alpha value is -5.74. The van der Waals surface area contributed by atoms with E-state index in [1.54, 1.807) is 0 Å². The minimum atomic E-state index is 0.901. The molecule has 4 nitrogen and oxygen atoms in total. The van der Waals surface area contributed by atoms with Crippen molar-refractivity contribution in [3.05, 3.63) is 140 Å². The second-order valence-corrected chi connectivity index (χ2v) is 10.7. The largest absolute Gasteiger partial charge is 0.455 e. The molecule has 4 heteroatoms. The number of hydrogen-bond donors (Lipinski definition) is 0. The van der Waals surface area contributed by atoms with Crippen molar-refractivity contribution >= 4 is 49.3 Å². The molecule has 0 aliphatic carbocycles. The standard InChI is InChI=1S/C38H23N3O/c1-3-12-32-30(11-1)36-31(20-19-29-28-10-2-4-13-34(28)42-38(29)36)37(40-32)25-17-15-24(16-18-25)26-8-7-9-27(22-26)33-23-41-21-6-5-14-35(41)39-33/h1-23H. The van der Waals surface area contributed by atoms with Crippen LogP contribution in [0.2, 0.25) is 0 Å². The van der Waals surface area contributed by atoms with Crippen molar-refractivity contribution < 1.29 is 4.42 Å². The molecule has 0 bridgehead atoms. The van der Waals surface area contributed by atoms with Gasteiger partial charge >= 0.3 is 0 Å². The van der Waals surface area contributed by atoms with Crippen LogP contribution in [-0.2, 0) is 0 Å². The SMILES string of the molecule is c1cc(-c2ccc(-c3nc4ccccc4c4c3ccc3c5ccccc5oc34)cc2)cc(-c2cn3ccccc3n2)c1. The number of hydrogen-bond acceptors (Lipinski definition) is 3. The smallest absolute Gasteiger partial charge is 0.144 e. The van der Waals surface area contributed by atoms with Crippen molar-refractivity contribution in [2.24, 2.45) is 0 Å². The van der Waals surface area contributed by atoms with Crippen LogP contribution in [0, 0.1) is 0 Å². The first-order valence-electron chi connectivity index (χ1n) is 14.1. The van der Waals surface area contributed by atoms with Crippen LogP contribution in [0.5, 0.6) is 0 Å². The summed E-state index contributed by atoms with van der Waals surface area (Å²) in [6.45, 7) is 0. The number of para-hydroxylation sites is 2. The number of nitrogens with zero attached hydrogens (tertiary/aromatic N) is 3. The van der Waals surface area contributed by atoms with Gasteiger partial charge in [0.2, 0.25) is 0 Å². The van der Waals surface area contributed by atoms with Gasteiger partial charge in [-0.3, -0.25) is 0 Å². The lowest BCUT2D eigenvalue weighted by Crippen LogP contribution is -1.90. The Morgan fingerprint density at radius 1 is 0.524 bits per heavy atom. The highest BCUT2D eigenvalue weighted by Crippen LogP contribution is 2.40. The Morgan fingerprint density at radius 3 is 2.19 bits per heavy atom. The molecule has 0 saturated carbocycles. The van der Waals surface area contributed by atoms with Gasteiger partial charge in [0.15, 0.2) is 0 Å². The normalized spacial score (nSPS) is 11.8.